The Hall–Kier alpha value is 0.700. The second kappa shape index (κ2) is 2.12. The van der Waals surface area contributed by atoms with E-state index in [-0.39, 0.29) is 0 Å². The standard InChI is InChI=1S/C4H8S2/c1-2-4-3-5-6-4/h4H,2-3H2,1H3/t4-/m0/s1. The molecule has 0 nitrogen and oxygen atoms in total. The van der Waals surface area contributed by atoms with Crippen LogP contribution in [0.2, 0.25) is 0 Å². The smallest absolute Gasteiger partial charge is 0.0247 e. The molecule has 1 aliphatic rings. The van der Waals surface area contributed by atoms with E-state index in [0.717, 1.165) is 5.25 Å². The van der Waals surface area contributed by atoms with E-state index in [4.69, 9.17) is 0 Å². The molecule has 0 aromatic rings. The maximum Gasteiger partial charge on any atom is 0.0247 e. The predicted molar refractivity (Wildman–Crippen MR) is 34.1 cm³/mol. The first-order chi connectivity index (χ1) is 2.93. The summed E-state index contributed by atoms with van der Waals surface area (Å²) in [5, 5.41) is 0.995. The van der Waals surface area contributed by atoms with Crippen LogP contribution in [0.5, 0.6) is 0 Å². The highest BCUT2D eigenvalue weighted by Gasteiger charge is 2.15. The lowest BCUT2D eigenvalue weighted by Crippen LogP contribution is -2.09. The van der Waals surface area contributed by atoms with Crippen LogP contribution in [0, 0.1) is 0 Å². The fraction of sp³-hybridized carbons (Fsp3) is 1.00. The van der Waals surface area contributed by atoms with Gasteiger partial charge in [-0.2, -0.15) is 0 Å². The van der Waals surface area contributed by atoms with Crippen molar-refractivity contribution in [2.45, 2.75) is 18.6 Å². The molecule has 0 unspecified atom stereocenters. The molecule has 1 rings (SSSR count). The largest absolute Gasteiger partial charge is 0.0927 e. The summed E-state index contributed by atoms with van der Waals surface area (Å²) in [5.41, 5.74) is 0. The van der Waals surface area contributed by atoms with Crippen LogP contribution in [0.3, 0.4) is 0 Å². The lowest BCUT2D eigenvalue weighted by molar-refractivity contribution is 0.915. The van der Waals surface area contributed by atoms with Gasteiger partial charge in [0, 0.05) is 11.0 Å². The molecule has 0 aromatic heterocycles. The zero-order valence-corrected chi connectivity index (χ0v) is 5.44. The summed E-state index contributed by atoms with van der Waals surface area (Å²) in [6.45, 7) is 2.25. The van der Waals surface area contributed by atoms with Crippen LogP contribution in [0.1, 0.15) is 13.3 Å². The van der Waals surface area contributed by atoms with E-state index in [1.54, 1.807) is 0 Å². The molecule has 1 atom stereocenters. The Bertz CT molecular complexity index is 38.1. The normalized spacial score (nSPS) is 32.5. The summed E-state index contributed by atoms with van der Waals surface area (Å²) < 4.78 is 0. The van der Waals surface area contributed by atoms with E-state index in [9.17, 15) is 0 Å². The lowest BCUT2D eigenvalue weighted by Gasteiger charge is -2.20. The highest BCUT2D eigenvalue weighted by molar-refractivity contribution is 8.79. The molecule has 0 amide bonds. The first-order valence-corrected chi connectivity index (χ1v) is 4.60. The van der Waals surface area contributed by atoms with E-state index in [0.29, 0.717) is 0 Å². The zero-order chi connectivity index (χ0) is 4.41. The monoisotopic (exact) mass is 120 g/mol. The molecular formula is C4H8S2. The maximum atomic E-state index is 2.25. The summed E-state index contributed by atoms with van der Waals surface area (Å²) in [6, 6.07) is 0. The van der Waals surface area contributed by atoms with Crippen molar-refractivity contribution in [2.75, 3.05) is 5.75 Å². The van der Waals surface area contributed by atoms with Crippen molar-refractivity contribution in [3.63, 3.8) is 0 Å². The summed E-state index contributed by atoms with van der Waals surface area (Å²) in [6.07, 6.45) is 1.36. The van der Waals surface area contributed by atoms with Gasteiger partial charge in [0.25, 0.3) is 0 Å². The second-order valence-corrected chi connectivity index (χ2v) is 4.12. The van der Waals surface area contributed by atoms with Gasteiger partial charge in [0.05, 0.1) is 0 Å². The molecule has 0 radical (unpaired) electrons. The van der Waals surface area contributed by atoms with Crippen LogP contribution >= 0.6 is 21.6 Å². The first kappa shape index (κ1) is 4.85. The molecule has 1 saturated heterocycles. The van der Waals surface area contributed by atoms with Crippen molar-refractivity contribution in [1.29, 1.82) is 0 Å². The van der Waals surface area contributed by atoms with Crippen LogP contribution in [-0.4, -0.2) is 11.0 Å². The quantitative estimate of drug-likeness (QED) is 0.486. The van der Waals surface area contributed by atoms with Crippen molar-refractivity contribution < 1.29 is 0 Å². The molecule has 36 valence electrons. The molecule has 0 bridgehead atoms. The topological polar surface area (TPSA) is 0 Å². The molecule has 0 aliphatic carbocycles. The third kappa shape index (κ3) is 0.850. The Kier molecular flexibility index (Phi) is 1.72. The summed E-state index contributed by atoms with van der Waals surface area (Å²) in [4.78, 5) is 0. The van der Waals surface area contributed by atoms with Gasteiger partial charge in [0.2, 0.25) is 0 Å². The van der Waals surface area contributed by atoms with E-state index in [2.05, 4.69) is 6.92 Å². The average Bonchev–Trinajstić information content (AvgIpc) is 1.31. The van der Waals surface area contributed by atoms with Gasteiger partial charge in [-0.1, -0.05) is 28.5 Å². The Labute approximate surface area is 46.5 Å². The summed E-state index contributed by atoms with van der Waals surface area (Å²) in [7, 11) is 4.01. The number of rotatable bonds is 1. The van der Waals surface area contributed by atoms with Gasteiger partial charge in [-0.25, -0.2) is 0 Å². The van der Waals surface area contributed by atoms with E-state index in [1.165, 1.54) is 12.2 Å². The molecule has 0 aromatic carbocycles. The van der Waals surface area contributed by atoms with Crippen molar-refractivity contribution in [3.05, 3.63) is 0 Å². The van der Waals surface area contributed by atoms with Gasteiger partial charge >= 0.3 is 0 Å². The fourth-order valence-corrected chi connectivity index (χ4v) is 2.44. The summed E-state index contributed by atoms with van der Waals surface area (Å²) >= 11 is 0. The first-order valence-electron chi connectivity index (χ1n) is 2.21. The van der Waals surface area contributed by atoms with Gasteiger partial charge < -0.3 is 0 Å². The number of hydrogen-bond donors (Lipinski definition) is 0. The van der Waals surface area contributed by atoms with Crippen molar-refractivity contribution in [3.8, 4) is 0 Å². The number of hydrogen-bond acceptors (Lipinski definition) is 2. The molecule has 0 N–H and O–H groups in total. The SMILES string of the molecule is CC[C@H]1CSS1. The minimum atomic E-state index is 0.995. The van der Waals surface area contributed by atoms with Gasteiger partial charge in [-0.3, -0.25) is 0 Å². The van der Waals surface area contributed by atoms with Gasteiger partial charge in [0.1, 0.15) is 0 Å². The highest BCUT2D eigenvalue weighted by Crippen LogP contribution is 2.41. The van der Waals surface area contributed by atoms with Crippen LogP contribution in [-0.2, 0) is 0 Å². The van der Waals surface area contributed by atoms with E-state index < -0.39 is 0 Å². The van der Waals surface area contributed by atoms with Gasteiger partial charge in [-0.15, -0.1) is 0 Å². The van der Waals surface area contributed by atoms with Crippen LogP contribution in [0.15, 0.2) is 0 Å². The van der Waals surface area contributed by atoms with E-state index >= 15 is 0 Å². The van der Waals surface area contributed by atoms with Crippen molar-refractivity contribution >= 4 is 21.6 Å². The molecule has 0 spiro atoms. The highest BCUT2D eigenvalue weighted by atomic mass is 33.1. The predicted octanol–water partition coefficient (Wildman–Crippen LogP) is 2.16. The minimum Gasteiger partial charge on any atom is -0.0927 e. The van der Waals surface area contributed by atoms with Crippen molar-refractivity contribution in [1.82, 2.24) is 0 Å². The van der Waals surface area contributed by atoms with Gasteiger partial charge in [-0.05, 0) is 6.42 Å². The van der Waals surface area contributed by atoms with Crippen LogP contribution in [0.25, 0.3) is 0 Å². The zero-order valence-electron chi connectivity index (χ0n) is 3.81. The van der Waals surface area contributed by atoms with Crippen LogP contribution < -0.4 is 0 Å². The Balaban J connectivity index is 2.01. The second-order valence-electron chi connectivity index (χ2n) is 1.41. The average molecular weight is 120 g/mol. The maximum absolute atomic E-state index is 2.25. The molecule has 1 fully saturated rings. The van der Waals surface area contributed by atoms with E-state index in [1.807, 2.05) is 21.6 Å². The molecule has 6 heavy (non-hydrogen) atoms. The lowest BCUT2D eigenvalue weighted by atomic mass is 10.4. The molecule has 1 heterocycles. The Morgan fingerprint density at radius 1 is 1.83 bits per heavy atom. The molecule has 2 heteroatoms. The Morgan fingerprint density at radius 3 is 2.50 bits per heavy atom. The third-order valence-corrected chi connectivity index (χ3v) is 4.20. The summed E-state index contributed by atoms with van der Waals surface area (Å²) in [5.74, 6) is 1.39. The van der Waals surface area contributed by atoms with Crippen molar-refractivity contribution in [2.24, 2.45) is 0 Å². The minimum absolute atomic E-state index is 0.995. The molecule has 0 saturated carbocycles. The van der Waals surface area contributed by atoms with Gasteiger partial charge in [0.15, 0.2) is 0 Å². The molecular weight excluding hydrogens is 112 g/mol. The van der Waals surface area contributed by atoms with Crippen LogP contribution in [0.4, 0.5) is 0 Å². The third-order valence-electron chi connectivity index (χ3n) is 0.913. The Morgan fingerprint density at radius 2 is 2.50 bits per heavy atom. The molecule has 1 aliphatic heterocycles. The fourth-order valence-electron chi connectivity index (χ4n) is 0.350.